The highest BCUT2D eigenvalue weighted by molar-refractivity contribution is 6.10. The van der Waals surface area contributed by atoms with E-state index in [1.165, 1.54) is 33.4 Å². The van der Waals surface area contributed by atoms with Gasteiger partial charge in [-0.2, -0.15) is 0 Å². The molecule has 2 heterocycles. The minimum Gasteiger partial charge on any atom is -0.456 e. The summed E-state index contributed by atoms with van der Waals surface area (Å²) in [7, 11) is 0. The van der Waals surface area contributed by atoms with Gasteiger partial charge in [0.15, 0.2) is 0 Å². The Labute approximate surface area is 232 Å². The standard InChI is InChI=1S/C38H26O2/c1-23-7-3-5-9-29(23)27-13-17-37-33(21-27)31-19-25(11-15-35(31)39-37)26-12-16-36-32(20-26)34-22-28(14-18-38(34)40-36)30-10-6-4-8-24(30)2/h3-22H,1-2H3. The number of hydrogen-bond acceptors (Lipinski definition) is 2. The fourth-order valence-electron chi connectivity index (χ4n) is 6.04. The smallest absolute Gasteiger partial charge is 0.135 e. The molecule has 8 rings (SSSR count). The van der Waals surface area contributed by atoms with Gasteiger partial charge in [-0.3, -0.25) is 0 Å². The van der Waals surface area contributed by atoms with Crippen LogP contribution in [-0.2, 0) is 0 Å². The first-order chi connectivity index (χ1) is 19.6. The summed E-state index contributed by atoms with van der Waals surface area (Å²) in [5.41, 5.74) is 13.4. The molecule has 0 saturated carbocycles. The number of fused-ring (bicyclic) bond motifs is 6. The largest absolute Gasteiger partial charge is 0.456 e. The van der Waals surface area contributed by atoms with E-state index in [2.05, 4.69) is 135 Å². The van der Waals surface area contributed by atoms with E-state index in [1.807, 2.05) is 0 Å². The van der Waals surface area contributed by atoms with E-state index in [9.17, 15) is 0 Å². The molecule has 0 spiro atoms. The Balaban J connectivity index is 1.27. The van der Waals surface area contributed by atoms with Crippen molar-refractivity contribution in [2.45, 2.75) is 13.8 Å². The molecule has 0 atom stereocenters. The number of hydrogen-bond donors (Lipinski definition) is 0. The van der Waals surface area contributed by atoms with Gasteiger partial charge < -0.3 is 8.83 Å². The van der Waals surface area contributed by atoms with Gasteiger partial charge in [0.1, 0.15) is 22.3 Å². The molecular weight excluding hydrogens is 488 g/mol. The molecule has 2 aromatic heterocycles. The van der Waals surface area contributed by atoms with Crippen LogP contribution in [0.3, 0.4) is 0 Å². The summed E-state index contributed by atoms with van der Waals surface area (Å²) >= 11 is 0. The van der Waals surface area contributed by atoms with Crippen LogP contribution in [0.4, 0.5) is 0 Å². The first-order valence-corrected chi connectivity index (χ1v) is 13.7. The molecule has 40 heavy (non-hydrogen) atoms. The van der Waals surface area contributed by atoms with Crippen molar-refractivity contribution in [1.82, 2.24) is 0 Å². The minimum atomic E-state index is 0.901. The predicted molar refractivity (Wildman–Crippen MR) is 167 cm³/mol. The van der Waals surface area contributed by atoms with E-state index < -0.39 is 0 Å². The fraction of sp³-hybridized carbons (Fsp3) is 0.0526. The highest BCUT2D eigenvalue weighted by Gasteiger charge is 2.14. The fourth-order valence-corrected chi connectivity index (χ4v) is 6.04. The SMILES string of the molecule is Cc1ccccc1-c1ccc2oc3ccc(-c4ccc5oc6ccc(-c7ccccc7C)cc6c5c4)cc3c2c1. The second-order valence-electron chi connectivity index (χ2n) is 10.7. The monoisotopic (exact) mass is 514 g/mol. The molecule has 0 unspecified atom stereocenters. The number of rotatable bonds is 3. The lowest BCUT2D eigenvalue weighted by molar-refractivity contribution is 0.668. The van der Waals surface area contributed by atoms with Gasteiger partial charge in [0, 0.05) is 21.5 Å². The number of aryl methyl sites for hydroxylation is 2. The van der Waals surface area contributed by atoms with Crippen LogP contribution in [0.5, 0.6) is 0 Å². The van der Waals surface area contributed by atoms with Gasteiger partial charge in [0.2, 0.25) is 0 Å². The van der Waals surface area contributed by atoms with Crippen molar-refractivity contribution in [1.29, 1.82) is 0 Å². The maximum Gasteiger partial charge on any atom is 0.135 e. The number of benzene rings is 6. The van der Waals surface area contributed by atoms with Crippen molar-refractivity contribution in [3.05, 3.63) is 132 Å². The first kappa shape index (κ1) is 22.9. The highest BCUT2D eigenvalue weighted by Crippen LogP contribution is 2.38. The van der Waals surface area contributed by atoms with Gasteiger partial charge in [-0.15, -0.1) is 0 Å². The van der Waals surface area contributed by atoms with Crippen LogP contribution < -0.4 is 0 Å². The first-order valence-electron chi connectivity index (χ1n) is 13.7. The number of furan rings is 2. The maximum atomic E-state index is 6.23. The molecule has 0 bridgehead atoms. The lowest BCUT2D eigenvalue weighted by atomic mass is 9.97. The van der Waals surface area contributed by atoms with Crippen molar-refractivity contribution in [3.63, 3.8) is 0 Å². The molecule has 0 aliphatic rings. The van der Waals surface area contributed by atoms with Crippen molar-refractivity contribution in [2.24, 2.45) is 0 Å². The molecule has 190 valence electrons. The summed E-state index contributed by atoms with van der Waals surface area (Å²) < 4.78 is 12.5. The van der Waals surface area contributed by atoms with E-state index in [1.54, 1.807) is 0 Å². The van der Waals surface area contributed by atoms with Crippen molar-refractivity contribution in [2.75, 3.05) is 0 Å². The van der Waals surface area contributed by atoms with Crippen LogP contribution in [0.25, 0.3) is 77.3 Å². The van der Waals surface area contributed by atoms with Crippen LogP contribution in [0.1, 0.15) is 11.1 Å². The van der Waals surface area contributed by atoms with Gasteiger partial charge >= 0.3 is 0 Å². The summed E-state index contributed by atoms with van der Waals surface area (Å²) in [6.45, 7) is 4.32. The normalized spacial score (nSPS) is 11.8. The quantitative estimate of drug-likeness (QED) is 0.234. The molecule has 0 radical (unpaired) electrons. The van der Waals surface area contributed by atoms with E-state index in [4.69, 9.17) is 8.83 Å². The zero-order chi connectivity index (χ0) is 26.8. The molecule has 0 amide bonds. The van der Waals surface area contributed by atoms with Gasteiger partial charge in [0.25, 0.3) is 0 Å². The Morgan fingerprint density at radius 2 is 0.675 bits per heavy atom. The molecule has 0 aliphatic carbocycles. The van der Waals surface area contributed by atoms with Crippen LogP contribution in [0.2, 0.25) is 0 Å². The molecule has 0 saturated heterocycles. The van der Waals surface area contributed by atoms with Gasteiger partial charge in [-0.1, -0.05) is 72.8 Å². The third kappa shape index (κ3) is 3.57. The zero-order valence-corrected chi connectivity index (χ0v) is 22.4. The predicted octanol–water partition coefficient (Wildman–Crippen LogP) is 11.1. The van der Waals surface area contributed by atoms with Crippen molar-refractivity contribution in [3.8, 4) is 33.4 Å². The van der Waals surface area contributed by atoms with Crippen molar-refractivity contribution >= 4 is 43.9 Å². The Morgan fingerprint density at radius 3 is 1.05 bits per heavy atom. The van der Waals surface area contributed by atoms with Gasteiger partial charge in [0.05, 0.1) is 0 Å². The summed E-state index contributed by atoms with van der Waals surface area (Å²) in [5, 5.41) is 4.52. The maximum absolute atomic E-state index is 6.23. The summed E-state index contributed by atoms with van der Waals surface area (Å²) in [6, 6.07) is 43.0. The van der Waals surface area contributed by atoms with Crippen LogP contribution in [-0.4, -0.2) is 0 Å². The molecule has 6 aromatic carbocycles. The molecule has 0 N–H and O–H groups in total. The van der Waals surface area contributed by atoms with Gasteiger partial charge in [-0.25, -0.2) is 0 Å². The molecule has 2 heteroatoms. The molecule has 2 nitrogen and oxygen atoms in total. The minimum absolute atomic E-state index is 0.901. The second-order valence-corrected chi connectivity index (χ2v) is 10.7. The molecular formula is C38H26O2. The Bertz CT molecular complexity index is 2080. The van der Waals surface area contributed by atoms with Crippen LogP contribution in [0.15, 0.2) is 130 Å². The summed E-state index contributed by atoms with van der Waals surface area (Å²) in [6.07, 6.45) is 0. The van der Waals surface area contributed by atoms with E-state index in [0.29, 0.717) is 0 Å². The average Bonchev–Trinajstić information content (AvgIpc) is 3.54. The highest BCUT2D eigenvalue weighted by atomic mass is 16.3. The van der Waals surface area contributed by atoms with E-state index in [-0.39, 0.29) is 0 Å². The van der Waals surface area contributed by atoms with Gasteiger partial charge in [-0.05, 0) is 107 Å². The summed E-state index contributed by atoms with van der Waals surface area (Å²) in [5.74, 6) is 0. The average molecular weight is 515 g/mol. The molecule has 0 fully saturated rings. The Morgan fingerprint density at radius 1 is 0.350 bits per heavy atom. The summed E-state index contributed by atoms with van der Waals surface area (Å²) in [4.78, 5) is 0. The van der Waals surface area contributed by atoms with E-state index in [0.717, 1.165) is 55.0 Å². The third-order valence-electron chi connectivity index (χ3n) is 8.18. The third-order valence-corrected chi connectivity index (χ3v) is 8.18. The molecule has 0 aliphatic heterocycles. The van der Waals surface area contributed by atoms with Crippen LogP contribution >= 0.6 is 0 Å². The lowest BCUT2D eigenvalue weighted by Gasteiger charge is -2.06. The van der Waals surface area contributed by atoms with E-state index >= 15 is 0 Å². The van der Waals surface area contributed by atoms with Crippen molar-refractivity contribution < 1.29 is 8.83 Å². The van der Waals surface area contributed by atoms with Crippen LogP contribution in [0, 0.1) is 13.8 Å². The Hall–Kier alpha value is -5.08. The second kappa shape index (κ2) is 8.72. The Kier molecular flexibility index (Phi) is 4.99. The molecule has 8 aromatic rings. The zero-order valence-electron chi connectivity index (χ0n) is 22.4. The topological polar surface area (TPSA) is 26.3 Å². The lowest BCUT2D eigenvalue weighted by Crippen LogP contribution is -1.82.